The summed E-state index contributed by atoms with van der Waals surface area (Å²) in [5.41, 5.74) is 0. The largest absolute Gasteiger partial charge is 0.369 e. The second-order valence-electron chi connectivity index (χ2n) is 4.48. The van der Waals surface area contributed by atoms with Gasteiger partial charge in [0.2, 0.25) is 11.8 Å². The predicted octanol–water partition coefficient (Wildman–Crippen LogP) is -0.0497. The lowest BCUT2D eigenvalue weighted by molar-refractivity contribution is -0.139. The topological polar surface area (TPSA) is 67.4 Å². The second-order valence-corrected chi connectivity index (χ2v) is 4.48. The van der Waals surface area contributed by atoms with Crippen molar-refractivity contribution in [2.24, 2.45) is 0 Å². The lowest BCUT2D eigenvalue weighted by Crippen LogP contribution is -2.55. The number of ether oxygens (including phenoxy) is 1. The standard InChI is InChI=1S/C11H18N2O3/c14-10-7-16-6-9(13-10)11(15)12-8-4-2-1-3-5-8/h8-9H,1-7H2,(H,12,15)(H,13,14). The number of carbonyl (C=O) groups excluding carboxylic acids is 2. The van der Waals surface area contributed by atoms with Crippen molar-refractivity contribution in [2.75, 3.05) is 13.2 Å². The minimum Gasteiger partial charge on any atom is -0.369 e. The van der Waals surface area contributed by atoms with Crippen LogP contribution in [0.1, 0.15) is 32.1 Å². The van der Waals surface area contributed by atoms with Gasteiger partial charge < -0.3 is 15.4 Å². The Kier molecular flexibility index (Phi) is 3.77. The summed E-state index contributed by atoms with van der Waals surface area (Å²) in [6, 6.07) is -0.233. The first kappa shape index (κ1) is 11.4. The van der Waals surface area contributed by atoms with Gasteiger partial charge in [-0.3, -0.25) is 9.59 Å². The van der Waals surface area contributed by atoms with E-state index in [2.05, 4.69) is 10.6 Å². The third-order valence-electron chi connectivity index (χ3n) is 3.12. The molecule has 1 heterocycles. The first-order valence-corrected chi connectivity index (χ1v) is 5.93. The molecule has 1 aliphatic carbocycles. The molecular formula is C11H18N2O3. The van der Waals surface area contributed by atoms with E-state index in [1.54, 1.807) is 0 Å². The third-order valence-corrected chi connectivity index (χ3v) is 3.12. The molecule has 2 fully saturated rings. The maximum Gasteiger partial charge on any atom is 0.246 e. The molecule has 0 aromatic heterocycles. The van der Waals surface area contributed by atoms with Crippen molar-refractivity contribution in [3.63, 3.8) is 0 Å². The molecule has 1 aliphatic heterocycles. The van der Waals surface area contributed by atoms with E-state index in [1.807, 2.05) is 0 Å². The van der Waals surface area contributed by atoms with E-state index < -0.39 is 6.04 Å². The summed E-state index contributed by atoms with van der Waals surface area (Å²) in [4.78, 5) is 22.9. The van der Waals surface area contributed by atoms with E-state index >= 15 is 0 Å². The normalized spacial score (nSPS) is 27.2. The van der Waals surface area contributed by atoms with Crippen LogP contribution in [0.3, 0.4) is 0 Å². The van der Waals surface area contributed by atoms with E-state index in [0.717, 1.165) is 12.8 Å². The van der Waals surface area contributed by atoms with E-state index in [-0.39, 0.29) is 31.1 Å². The molecule has 0 radical (unpaired) electrons. The number of morpholine rings is 1. The van der Waals surface area contributed by atoms with Crippen molar-refractivity contribution in [2.45, 2.75) is 44.2 Å². The van der Waals surface area contributed by atoms with Crippen LogP contribution >= 0.6 is 0 Å². The summed E-state index contributed by atoms with van der Waals surface area (Å²) in [6.45, 7) is 0.345. The Labute approximate surface area is 94.9 Å². The molecule has 5 heteroatoms. The molecular weight excluding hydrogens is 208 g/mol. The van der Waals surface area contributed by atoms with Gasteiger partial charge in [0.05, 0.1) is 6.61 Å². The molecule has 0 spiro atoms. The van der Waals surface area contributed by atoms with E-state index in [9.17, 15) is 9.59 Å². The Balaban J connectivity index is 1.79. The smallest absolute Gasteiger partial charge is 0.246 e. The molecule has 2 N–H and O–H groups in total. The molecule has 5 nitrogen and oxygen atoms in total. The monoisotopic (exact) mass is 226 g/mol. The Hall–Kier alpha value is -1.10. The highest BCUT2D eigenvalue weighted by molar-refractivity contribution is 5.89. The van der Waals surface area contributed by atoms with Crippen molar-refractivity contribution < 1.29 is 14.3 Å². The first-order valence-electron chi connectivity index (χ1n) is 5.93. The van der Waals surface area contributed by atoms with Gasteiger partial charge in [0, 0.05) is 6.04 Å². The number of hydrogen-bond acceptors (Lipinski definition) is 3. The minimum absolute atomic E-state index is 0.0627. The molecule has 1 unspecified atom stereocenters. The number of hydrogen-bond donors (Lipinski definition) is 2. The molecule has 0 aromatic rings. The Morgan fingerprint density at radius 3 is 2.75 bits per heavy atom. The molecule has 16 heavy (non-hydrogen) atoms. The number of amides is 2. The molecule has 0 bridgehead atoms. The number of rotatable bonds is 2. The Morgan fingerprint density at radius 1 is 1.31 bits per heavy atom. The summed E-state index contributed by atoms with van der Waals surface area (Å²) >= 11 is 0. The van der Waals surface area contributed by atoms with Crippen molar-refractivity contribution >= 4 is 11.8 Å². The zero-order valence-corrected chi connectivity index (χ0v) is 9.33. The summed E-state index contributed by atoms with van der Waals surface area (Å²) in [7, 11) is 0. The van der Waals surface area contributed by atoms with Crippen molar-refractivity contribution in [3.05, 3.63) is 0 Å². The van der Waals surface area contributed by atoms with Crippen molar-refractivity contribution in [3.8, 4) is 0 Å². The van der Waals surface area contributed by atoms with Gasteiger partial charge in [0.1, 0.15) is 12.6 Å². The quantitative estimate of drug-likeness (QED) is 0.693. The number of carbonyl (C=O) groups is 2. The molecule has 1 atom stereocenters. The van der Waals surface area contributed by atoms with Crippen LogP contribution in [0.15, 0.2) is 0 Å². The highest BCUT2D eigenvalue weighted by Gasteiger charge is 2.27. The summed E-state index contributed by atoms with van der Waals surface area (Å²) in [5, 5.41) is 5.61. The molecule has 1 saturated heterocycles. The summed E-state index contributed by atoms with van der Waals surface area (Å²) < 4.78 is 5.03. The molecule has 90 valence electrons. The Morgan fingerprint density at radius 2 is 2.06 bits per heavy atom. The zero-order chi connectivity index (χ0) is 11.4. The van der Waals surface area contributed by atoms with Gasteiger partial charge in [-0.25, -0.2) is 0 Å². The van der Waals surface area contributed by atoms with Gasteiger partial charge in [0.25, 0.3) is 0 Å². The Bertz CT molecular complexity index is 274. The average molecular weight is 226 g/mol. The molecule has 2 aliphatic rings. The van der Waals surface area contributed by atoms with E-state index in [1.165, 1.54) is 19.3 Å². The number of nitrogens with one attached hydrogen (secondary N) is 2. The van der Waals surface area contributed by atoms with Gasteiger partial charge in [-0.05, 0) is 12.8 Å². The third kappa shape index (κ3) is 2.95. The van der Waals surface area contributed by atoms with Gasteiger partial charge in [-0.1, -0.05) is 19.3 Å². The van der Waals surface area contributed by atoms with Gasteiger partial charge >= 0.3 is 0 Å². The fourth-order valence-corrected chi connectivity index (χ4v) is 2.24. The van der Waals surface area contributed by atoms with Gasteiger partial charge in [-0.2, -0.15) is 0 Å². The zero-order valence-electron chi connectivity index (χ0n) is 9.33. The molecule has 2 rings (SSSR count). The fraction of sp³-hybridized carbons (Fsp3) is 0.818. The highest BCUT2D eigenvalue weighted by atomic mass is 16.5. The van der Waals surface area contributed by atoms with Crippen molar-refractivity contribution in [1.29, 1.82) is 0 Å². The van der Waals surface area contributed by atoms with Crippen LogP contribution in [0.25, 0.3) is 0 Å². The maximum absolute atomic E-state index is 11.8. The van der Waals surface area contributed by atoms with Crippen LogP contribution in [-0.2, 0) is 14.3 Å². The molecule has 1 saturated carbocycles. The average Bonchev–Trinajstić information content (AvgIpc) is 2.30. The summed E-state index contributed by atoms with van der Waals surface area (Å²) in [6.07, 6.45) is 5.72. The SMILES string of the molecule is O=C1COCC(C(=O)NC2CCCCC2)N1. The maximum atomic E-state index is 11.8. The van der Waals surface area contributed by atoms with Crippen LogP contribution in [0.2, 0.25) is 0 Å². The van der Waals surface area contributed by atoms with E-state index in [4.69, 9.17) is 4.74 Å². The van der Waals surface area contributed by atoms with Crippen LogP contribution in [0, 0.1) is 0 Å². The van der Waals surface area contributed by atoms with Gasteiger partial charge in [-0.15, -0.1) is 0 Å². The summed E-state index contributed by atoms with van der Waals surface area (Å²) in [5.74, 6) is -0.324. The van der Waals surface area contributed by atoms with Crippen LogP contribution < -0.4 is 10.6 Å². The fourth-order valence-electron chi connectivity index (χ4n) is 2.24. The van der Waals surface area contributed by atoms with Crippen molar-refractivity contribution in [1.82, 2.24) is 10.6 Å². The van der Waals surface area contributed by atoms with Gasteiger partial charge in [0.15, 0.2) is 0 Å². The van der Waals surface area contributed by atoms with Crippen LogP contribution in [-0.4, -0.2) is 37.1 Å². The second kappa shape index (κ2) is 5.30. The lowest BCUT2D eigenvalue weighted by atomic mass is 9.95. The predicted molar refractivity (Wildman–Crippen MR) is 57.8 cm³/mol. The highest BCUT2D eigenvalue weighted by Crippen LogP contribution is 2.17. The first-order chi connectivity index (χ1) is 7.75. The molecule has 0 aromatic carbocycles. The van der Waals surface area contributed by atoms with Crippen LogP contribution in [0.4, 0.5) is 0 Å². The lowest BCUT2D eigenvalue weighted by Gasteiger charge is -2.27. The van der Waals surface area contributed by atoms with Crippen LogP contribution in [0.5, 0.6) is 0 Å². The minimum atomic E-state index is -0.511. The molecule has 2 amide bonds. The van der Waals surface area contributed by atoms with E-state index in [0.29, 0.717) is 0 Å².